The lowest BCUT2D eigenvalue weighted by Crippen LogP contribution is -2.20. The second-order valence-corrected chi connectivity index (χ2v) is 7.27. The Labute approximate surface area is 161 Å². The summed E-state index contributed by atoms with van der Waals surface area (Å²) in [6, 6.07) is 12.5. The number of likely N-dealkylation sites (tertiary alicyclic amines) is 1. The van der Waals surface area contributed by atoms with Gasteiger partial charge >= 0.3 is 0 Å². The predicted molar refractivity (Wildman–Crippen MR) is 108 cm³/mol. The molecule has 142 valence electrons. The first kappa shape index (κ1) is 18.0. The van der Waals surface area contributed by atoms with Crippen molar-refractivity contribution in [1.82, 2.24) is 19.4 Å². The highest BCUT2D eigenvalue weighted by Crippen LogP contribution is 2.30. The monoisotopic (exact) mass is 364 g/mol. The summed E-state index contributed by atoms with van der Waals surface area (Å²) in [5.74, 6) is 2.64. The van der Waals surface area contributed by atoms with Gasteiger partial charge in [0.25, 0.3) is 0 Å². The third kappa shape index (κ3) is 3.83. The van der Waals surface area contributed by atoms with Crippen LogP contribution in [-0.2, 0) is 13.1 Å². The first-order valence-electron chi connectivity index (χ1n) is 10.0. The van der Waals surface area contributed by atoms with Crippen molar-refractivity contribution in [3.05, 3.63) is 54.0 Å². The second-order valence-electron chi connectivity index (χ2n) is 7.27. The zero-order chi connectivity index (χ0) is 18.6. The molecule has 3 aromatic rings. The highest BCUT2D eigenvalue weighted by molar-refractivity contribution is 5.71. The molecule has 1 saturated heterocycles. The first-order valence-corrected chi connectivity index (χ1v) is 10.0. The lowest BCUT2D eigenvalue weighted by atomic mass is 10.1. The van der Waals surface area contributed by atoms with Crippen LogP contribution < -0.4 is 4.74 Å². The second kappa shape index (κ2) is 8.09. The van der Waals surface area contributed by atoms with Crippen LogP contribution in [0.3, 0.4) is 0 Å². The molecule has 2 aromatic heterocycles. The third-order valence-corrected chi connectivity index (χ3v) is 5.23. The third-order valence-electron chi connectivity index (χ3n) is 5.23. The molecule has 1 aromatic carbocycles. The Morgan fingerprint density at radius 3 is 2.96 bits per heavy atom. The van der Waals surface area contributed by atoms with Crippen molar-refractivity contribution in [2.75, 3.05) is 19.7 Å². The number of hydrogen-bond donors (Lipinski definition) is 0. The number of aryl methyl sites for hydroxylation is 1. The Bertz CT molecular complexity index is 904. The van der Waals surface area contributed by atoms with Gasteiger partial charge in [-0.3, -0.25) is 4.90 Å². The van der Waals surface area contributed by atoms with Crippen LogP contribution in [0.1, 0.15) is 44.0 Å². The summed E-state index contributed by atoms with van der Waals surface area (Å²) in [6.45, 7) is 9.04. The molecule has 0 spiro atoms. The van der Waals surface area contributed by atoms with Crippen LogP contribution in [0.25, 0.3) is 11.2 Å². The van der Waals surface area contributed by atoms with Crippen molar-refractivity contribution in [2.45, 2.75) is 45.7 Å². The molecule has 1 aliphatic heterocycles. The molecule has 0 radical (unpaired) electrons. The number of imidazole rings is 1. The summed E-state index contributed by atoms with van der Waals surface area (Å²) in [6.07, 6.45) is 4.11. The number of pyridine rings is 1. The van der Waals surface area contributed by atoms with Crippen LogP contribution in [0.4, 0.5) is 0 Å². The van der Waals surface area contributed by atoms with Gasteiger partial charge in [0, 0.05) is 31.7 Å². The minimum absolute atomic E-state index is 0.473. The van der Waals surface area contributed by atoms with E-state index < -0.39 is 0 Å². The summed E-state index contributed by atoms with van der Waals surface area (Å²) in [4.78, 5) is 12.1. The molecule has 4 rings (SSSR count). The van der Waals surface area contributed by atoms with Crippen LogP contribution >= 0.6 is 0 Å². The molecule has 1 atom stereocenters. The molecule has 0 bridgehead atoms. The Hall–Kier alpha value is -2.40. The molecule has 0 saturated carbocycles. The summed E-state index contributed by atoms with van der Waals surface area (Å²) in [7, 11) is 0. The molecule has 1 fully saturated rings. The fourth-order valence-corrected chi connectivity index (χ4v) is 4.08. The Morgan fingerprint density at radius 1 is 1.19 bits per heavy atom. The fourth-order valence-electron chi connectivity index (χ4n) is 4.08. The van der Waals surface area contributed by atoms with E-state index in [1.807, 2.05) is 25.3 Å². The maximum Gasteiger partial charge on any atom is 0.159 e. The Morgan fingerprint density at radius 2 is 2.11 bits per heavy atom. The predicted octanol–water partition coefficient (Wildman–Crippen LogP) is 4.23. The molecule has 27 heavy (non-hydrogen) atoms. The number of fused-ring (bicyclic) bond motifs is 1. The van der Waals surface area contributed by atoms with Crippen LogP contribution in [0.15, 0.2) is 42.6 Å². The van der Waals surface area contributed by atoms with Crippen molar-refractivity contribution < 1.29 is 4.74 Å². The summed E-state index contributed by atoms with van der Waals surface area (Å²) in [5.41, 5.74) is 3.35. The van der Waals surface area contributed by atoms with Crippen LogP contribution in [-0.4, -0.2) is 39.1 Å². The molecule has 3 heterocycles. The van der Waals surface area contributed by atoms with E-state index >= 15 is 0 Å². The average Bonchev–Trinajstić information content (AvgIpc) is 3.28. The van der Waals surface area contributed by atoms with Gasteiger partial charge < -0.3 is 9.30 Å². The van der Waals surface area contributed by atoms with Crippen molar-refractivity contribution >= 4 is 11.2 Å². The van der Waals surface area contributed by atoms with E-state index in [1.165, 1.54) is 11.4 Å². The molecule has 5 nitrogen and oxygen atoms in total. The normalized spacial score (nSPS) is 17.6. The minimum Gasteiger partial charge on any atom is -0.494 e. The van der Waals surface area contributed by atoms with Crippen LogP contribution in [0.5, 0.6) is 5.75 Å². The highest BCUT2D eigenvalue weighted by Gasteiger charge is 2.28. The number of benzene rings is 1. The molecule has 5 heteroatoms. The van der Waals surface area contributed by atoms with E-state index in [9.17, 15) is 0 Å². The molecule has 1 aliphatic rings. The molecular formula is C22H28N4O. The van der Waals surface area contributed by atoms with Gasteiger partial charge in [-0.1, -0.05) is 19.1 Å². The van der Waals surface area contributed by atoms with Gasteiger partial charge in [0.05, 0.1) is 6.61 Å². The van der Waals surface area contributed by atoms with Gasteiger partial charge in [-0.2, -0.15) is 0 Å². The smallest absolute Gasteiger partial charge is 0.159 e. The van der Waals surface area contributed by atoms with Crippen molar-refractivity contribution in [3.8, 4) is 5.75 Å². The quantitative estimate of drug-likeness (QED) is 0.629. The zero-order valence-corrected chi connectivity index (χ0v) is 16.3. The van der Waals surface area contributed by atoms with Crippen LogP contribution in [0.2, 0.25) is 0 Å². The van der Waals surface area contributed by atoms with Crippen molar-refractivity contribution in [2.24, 2.45) is 0 Å². The van der Waals surface area contributed by atoms with E-state index in [1.54, 1.807) is 0 Å². The maximum absolute atomic E-state index is 5.64. The number of aromatic nitrogens is 3. The van der Waals surface area contributed by atoms with Gasteiger partial charge in [-0.15, -0.1) is 0 Å². The number of nitrogens with zero attached hydrogens (tertiary/aromatic N) is 4. The van der Waals surface area contributed by atoms with E-state index in [-0.39, 0.29) is 0 Å². The van der Waals surface area contributed by atoms with Gasteiger partial charge in [-0.25, -0.2) is 9.97 Å². The van der Waals surface area contributed by atoms with E-state index in [2.05, 4.69) is 45.6 Å². The van der Waals surface area contributed by atoms with E-state index in [0.717, 1.165) is 55.9 Å². The summed E-state index contributed by atoms with van der Waals surface area (Å²) >= 11 is 0. The van der Waals surface area contributed by atoms with E-state index in [0.29, 0.717) is 12.5 Å². The number of hydrogen-bond acceptors (Lipinski definition) is 4. The minimum atomic E-state index is 0.473. The van der Waals surface area contributed by atoms with Gasteiger partial charge in [0.15, 0.2) is 5.65 Å². The fraction of sp³-hybridized carbons (Fsp3) is 0.455. The lowest BCUT2D eigenvalue weighted by Gasteiger charge is -2.17. The van der Waals surface area contributed by atoms with Gasteiger partial charge in [-0.05, 0) is 56.1 Å². The molecule has 0 N–H and O–H groups in total. The molecule has 0 unspecified atom stereocenters. The Balaban J connectivity index is 1.50. The van der Waals surface area contributed by atoms with Gasteiger partial charge in [0.2, 0.25) is 0 Å². The number of ether oxygens (including phenoxy) is 1. The highest BCUT2D eigenvalue weighted by atomic mass is 16.5. The standard InChI is InChI=1S/C22H28N4O/c1-3-12-26-21(24-20-9-6-11-23-22(20)26)18-10-13-25(16-18)15-17-7-5-8-19(14-17)27-4-2/h5-9,11,14,18H,3-4,10,12-13,15-16H2,1-2H3/t18-/m0/s1. The summed E-state index contributed by atoms with van der Waals surface area (Å²) < 4.78 is 7.97. The largest absolute Gasteiger partial charge is 0.494 e. The zero-order valence-electron chi connectivity index (χ0n) is 16.3. The summed E-state index contributed by atoms with van der Waals surface area (Å²) in [5, 5.41) is 0. The molecule has 0 aliphatic carbocycles. The van der Waals surface area contributed by atoms with Gasteiger partial charge in [0.1, 0.15) is 17.1 Å². The maximum atomic E-state index is 5.64. The SMILES string of the molecule is CCCn1c([C@H]2CCN(Cc3cccc(OCC)c3)C2)nc2cccnc21. The average molecular weight is 364 g/mol. The number of rotatable bonds is 7. The molecular weight excluding hydrogens is 336 g/mol. The van der Waals surface area contributed by atoms with Crippen molar-refractivity contribution in [1.29, 1.82) is 0 Å². The van der Waals surface area contributed by atoms with Crippen LogP contribution in [0, 0.1) is 0 Å². The Kier molecular flexibility index (Phi) is 5.39. The van der Waals surface area contributed by atoms with Crippen molar-refractivity contribution in [3.63, 3.8) is 0 Å². The first-order chi connectivity index (χ1) is 13.3. The molecule has 0 amide bonds. The topological polar surface area (TPSA) is 43.2 Å². The van der Waals surface area contributed by atoms with E-state index in [4.69, 9.17) is 9.72 Å². The lowest BCUT2D eigenvalue weighted by molar-refractivity contribution is 0.320.